The summed E-state index contributed by atoms with van der Waals surface area (Å²) in [5, 5.41) is 2.61. The molecule has 2 fully saturated rings. The number of alkyl halides is 2. The highest BCUT2D eigenvalue weighted by atomic mass is 19.3. The zero-order chi connectivity index (χ0) is 23.4. The fourth-order valence-corrected chi connectivity index (χ4v) is 4.87. The van der Waals surface area contributed by atoms with Crippen molar-refractivity contribution in [3.05, 3.63) is 53.6 Å². The molecule has 5 rings (SSSR count). The van der Waals surface area contributed by atoms with Crippen LogP contribution in [-0.2, 0) is 10.2 Å². The number of aromatic nitrogens is 3. The number of nitrogens with zero attached hydrogens (tertiary/aromatic N) is 3. The van der Waals surface area contributed by atoms with E-state index in [2.05, 4.69) is 17.2 Å². The van der Waals surface area contributed by atoms with Crippen LogP contribution in [0.4, 0.5) is 14.6 Å². The number of fused-ring (bicyclic) bond motifs is 3. The monoisotopic (exact) mass is 456 g/mol. The number of pyridine rings is 2. The first-order valence-electron chi connectivity index (χ1n) is 11.1. The van der Waals surface area contributed by atoms with Crippen LogP contribution in [0.5, 0.6) is 5.75 Å². The second-order valence-corrected chi connectivity index (χ2v) is 9.51. The number of imidazole rings is 1. The van der Waals surface area contributed by atoms with Gasteiger partial charge in [-0.25, -0.2) is 18.7 Å². The third-order valence-electron chi connectivity index (χ3n) is 6.48. The van der Waals surface area contributed by atoms with Crippen molar-refractivity contribution in [2.24, 2.45) is 0 Å². The fraction of sp³-hybridized carbons (Fsp3) is 0.458. The predicted octanol–water partition coefficient (Wildman–Crippen LogP) is 4.92. The number of halogens is 2. The second kappa shape index (κ2) is 7.76. The van der Waals surface area contributed by atoms with Crippen molar-refractivity contribution in [2.75, 3.05) is 11.9 Å². The number of nitrogens with one attached hydrogen (secondary N) is 1. The Morgan fingerprint density at radius 3 is 2.70 bits per heavy atom. The van der Waals surface area contributed by atoms with E-state index in [1.165, 1.54) is 18.2 Å². The number of anilines is 1. The molecule has 3 aromatic rings. The largest absolute Gasteiger partial charge is 0.490 e. The van der Waals surface area contributed by atoms with Crippen LogP contribution in [0.2, 0.25) is 0 Å². The third-order valence-corrected chi connectivity index (χ3v) is 6.48. The van der Waals surface area contributed by atoms with Crippen molar-refractivity contribution in [1.29, 1.82) is 0 Å². The zero-order valence-corrected chi connectivity index (χ0v) is 18.8. The van der Waals surface area contributed by atoms with Crippen molar-refractivity contribution in [3.8, 4) is 5.75 Å². The quantitative estimate of drug-likeness (QED) is 0.570. The lowest BCUT2D eigenvalue weighted by Gasteiger charge is -2.24. The van der Waals surface area contributed by atoms with Crippen molar-refractivity contribution >= 4 is 17.4 Å². The van der Waals surface area contributed by atoms with Crippen LogP contribution < -0.4 is 10.1 Å². The first-order chi connectivity index (χ1) is 15.7. The molecule has 2 aliphatic rings. The molecule has 4 heterocycles. The highest BCUT2D eigenvalue weighted by molar-refractivity contribution is 6.05. The van der Waals surface area contributed by atoms with E-state index in [1.807, 2.05) is 24.4 Å². The molecule has 1 aliphatic carbocycles. The first-order valence-corrected chi connectivity index (χ1v) is 11.1. The lowest BCUT2D eigenvalue weighted by atomic mass is 9.84. The highest BCUT2D eigenvalue weighted by Crippen LogP contribution is 2.53. The standard InChI is InChI=1S/C24H26F2N4O3/c1-14(2)33-17-9-20-28-18(24-8-7-23(3,12-24)32-13-24)11-30(20)10-15(17)22(31)29-19-6-4-5-16(27-19)21(25)26/h4-6,9-11,14,21H,7-8,12-13H2,1-3H3,(H,27,29,31)/t23-,24+/m0/s1. The van der Waals surface area contributed by atoms with Gasteiger partial charge in [0.25, 0.3) is 12.3 Å². The Hall–Kier alpha value is -3.07. The van der Waals surface area contributed by atoms with Crippen LogP contribution in [0.25, 0.3) is 5.65 Å². The molecule has 7 nitrogen and oxygen atoms in total. The summed E-state index contributed by atoms with van der Waals surface area (Å²) in [6, 6.07) is 5.85. The van der Waals surface area contributed by atoms with Crippen molar-refractivity contribution in [2.45, 2.75) is 63.6 Å². The summed E-state index contributed by atoms with van der Waals surface area (Å²) >= 11 is 0. The van der Waals surface area contributed by atoms with Gasteiger partial charge in [-0.3, -0.25) is 4.79 Å². The van der Waals surface area contributed by atoms with Crippen molar-refractivity contribution in [1.82, 2.24) is 14.4 Å². The molecule has 2 bridgehead atoms. The van der Waals surface area contributed by atoms with E-state index in [0.717, 1.165) is 25.0 Å². The Balaban J connectivity index is 1.50. The average Bonchev–Trinajstić information content (AvgIpc) is 3.43. The van der Waals surface area contributed by atoms with E-state index < -0.39 is 18.0 Å². The molecule has 174 valence electrons. The predicted molar refractivity (Wildman–Crippen MR) is 118 cm³/mol. The molecule has 3 aromatic heterocycles. The zero-order valence-electron chi connectivity index (χ0n) is 18.8. The Bertz CT molecular complexity index is 1220. The minimum Gasteiger partial charge on any atom is -0.490 e. The molecular formula is C24H26F2N4O3. The molecule has 1 amide bonds. The van der Waals surface area contributed by atoms with Gasteiger partial charge >= 0.3 is 0 Å². The number of carbonyl (C=O) groups is 1. The molecule has 1 saturated carbocycles. The summed E-state index contributed by atoms with van der Waals surface area (Å²) in [5.74, 6) is -0.0851. The van der Waals surface area contributed by atoms with Gasteiger partial charge in [-0.15, -0.1) is 0 Å². The Morgan fingerprint density at radius 1 is 1.24 bits per heavy atom. The lowest BCUT2D eigenvalue weighted by Crippen LogP contribution is -2.26. The maximum atomic E-state index is 13.1. The van der Waals surface area contributed by atoms with E-state index in [0.29, 0.717) is 18.0 Å². The van der Waals surface area contributed by atoms with Crippen LogP contribution in [0.15, 0.2) is 36.7 Å². The van der Waals surface area contributed by atoms with Gasteiger partial charge in [-0.2, -0.15) is 0 Å². The SMILES string of the molecule is CC(C)Oc1cc2nc([C@]34CC[C@@](C)(C3)OC4)cn2cc1C(=O)Nc1cccc(C(F)F)n1. The van der Waals surface area contributed by atoms with E-state index in [9.17, 15) is 13.6 Å². The second-order valence-electron chi connectivity index (χ2n) is 9.51. The van der Waals surface area contributed by atoms with Gasteiger partial charge in [0.15, 0.2) is 0 Å². The number of carbonyl (C=O) groups excluding carboxylic acids is 1. The van der Waals surface area contributed by atoms with Gasteiger partial charge in [0.05, 0.1) is 29.6 Å². The summed E-state index contributed by atoms with van der Waals surface area (Å²) in [7, 11) is 0. The first kappa shape index (κ1) is 21.8. The summed E-state index contributed by atoms with van der Waals surface area (Å²) in [4.78, 5) is 21.8. The van der Waals surface area contributed by atoms with Crippen molar-refractivity contribution in [3.63, 3.8) is 0 Å². The van der Waals surface area contributed by atoms with E-state index in [-0.39, 0.29) is 28.5 Å². The number of hydrogen-bond acceptors (Lipinski definition) is 5. The van der Waals surface area contributed by atoms with Crippen LogP contribution in [0.3, 0.4) is 0 Å². The summed E-state index contributed by atoms with van der Waals surface area (Å²) in [6.45, 7) is 6.52. The molecule has 1 aliphatic heterocycles. The Kier molecular flexibility index (Phi) is 5.12. The highest BCUT2D eigenvalue weighted by Gasteiger charge is 2.55. The summed E-state index contributed by atoms with van der Waals surface area (Å²) in [5.41, 5.74) is 1.28. The van der Waals surface area contributed by atoms with Crippen LogP contribution >= 0.6 is 0 Å². The average molecular weight is 456 g/mol. The smallest absolute Gasteiger partial charge is 0.280 e. The minimum absolute atomic E-state index is 0.0481. The summed E-state index contributed by atoms with van der Waals surface area (Å²) < 4.78 is 39.7. The van der Waals surface area contributed by atoms with Crippen LogP contribution in [-0.4, -0.2) is 38.6 Å². The number of amides is 1. The number of rotatable bonds is 6. The Morgan fingerprint density at radius 2 is 2.06 bits per heavy atom. The number of ether oxygens (including phenoxy) is 2. The maximum absolute atomic E-state index is 13.1. The molecule has 1 saturated heterocycles. The Labute approximate surface area is 190 Å². The molecule has 0 radical (unpaired) electrons. The van der Waals surface area contributed by atoms with E-state index in [4.69, 9.17) is 14.5 Å². The molecule has 2 atom stereocenters. The summed E-state index contributed by atoms with van der Waals surface area (Å²) in [6.07, 6.45) is 3.66. The molecular weight excluding hydrogens is 430 g/mol. The maximum Gasteiger partial charge on any atom is 0.280 e. The molecule has 33 heavy (non-hydrogen) atoms. The topological polar surface area (TPSA) is 77.8 Å². The van der Waals surface area contributed by atoms with Gasteiger partial charge < -0.3 is 19.2 Å². The lowest BCUT2D eigenvalue weighted by molar-refractivity contribution is -0.00627. The molecule has 1 N–H and O–H groups in total. The third kappa shape index (κ3) is 3.94. The van der Waals surface area contributed by atoms with Crippen LogP contribution in [0, 0.1) is 0 Å². The minimum atomic E-state index is -2.72. The molecule has 9 heteroatoms. The van der Waals surface area contributed by atoms with Gasteiger partial charge in [-0.1, -0.05) is 6.07 Å². The molecule has 0 unspecified atom stereocenters. The van der Waals surface area contributed by atoms with Gasteiger partial charge in [0, 0.05) is 23.9 Å². The molecule has 0 spiro atoms. The van der Waals surface area contributed by atoms with Crippen LogP contribution in [0.1, 0.15) is 68.2 Å². The van der Waals surface area contributed by atoms with E-state index >= 15 is 0 Å². The fourth-order valence-electron chi connectivity index (χ4n) is 4.87. The van der Waals surface area contributed by atoms with Gasteiger partial charge in [0.2, 0.25) is 0 Å². The van der Waals surface area contributed by atoms with Gasteiger partial charge in [0.1, 0.15) is 22.9 Å². The van der Waals surface area contributed by atoms with Gasteiger partial charge in [-0.05, 0) is 52.2 Å². The number of hydrogen-bond donors (Lipinski definition) is 1. The molecule has 0 aromatic carbocycles. The van der Waals surface area contributed by atoms with E-state index in [1.54, 1.807) is 12.3 Å². The normalized spacial score (nSPS) is 24.2. The van der Waals surface area contributed by atoms with Crippen molar-refractivity contribution < 1.29 is 23.0 Å².